The molecule has 1 aromatic carbocycles. The summed E-state index contributed by atoms with van der Waals surface area (Å²) in [6, 6.07) is 3.43. The van der Waals surface area contributed by atoms with Crippen molar-refractivity contribution < 1.29 is 9.47 Å². The first-order valence-electron chi connectivity index (χ1n) is 6.79. The van der Waals surface area contributed by atoms with E-state index in [4.69, 9.17) is 20.9 Å². The summed E-state index contributed by atoms with van der Waals surface area (Å²) in [4.78, 5) is 2.47. The van der Waals surface area contributed by atoms with E-state index in [1.165, 1.54) is 25.9 Å². The summed E-state index contributed by atoms with van der Waals surface area (Å²) in [6.45, 7) is 4.19. The Kier molecular flexibility index (Phi) is 4.74. The molecule has 106 valence electrons. The van der Waals surface area contributed by atoms with Crippen LogP contribution in [0.2, 0.25) is 0 Å². The van der Waals surface area contributed by atoms with Gasteiger partial charge in [0.05, 0.1) is 25.1 Å². The van der Waals surface area contributed by atoms with Gasteiger partial charge in [0.15, 0.2) is 11.5 Å². The molecule has 0 atom stereocenters. The summed E-state index contributed by atoms with van der Waals surface area (Å²) < 4.78 is 11.0. The van der Waals surface area contributed by atoms with E-state index in [1.807, 2.05) is 0 Å². The number of hydrogen-bond acceptors (Lipinski definition) is 5. The minimum Gasteiger partial charge on any atom is -0.493 e. The van der Waals surface area contributed by atoms with Crippen LogP contribution in [0.1, 0.15) is 19.3 Å². The molecular formula is C14H23N3O2. The van der Waals surface area contributed by atoms with Gasteiger partial charge in [-0.1, -0.05) is 0 Å². The van der Waals surface area contributed by atoms with Crippen LogP contribution in [0.3, 0.4) is 0 Å². The number of ether oxygens (including phenoxy) is 2. The Hall–Kier alpha value is -1.62. The van der Waals surface area contributed by atoms with Crippen LogP contribution in [-0.2, 0) is 0 Å². The first kappa shape index (κ1) is 13.8. The molecule has 0 unspecified atom stereocenters. The second kappa shape index (κ2) is 6.52. The molecule has 5 nitrogen and oxygen atoms in total. The molecule has 0 bridgehead atoms. The maximum atomic E-state index is 5.78. The van der Waals surface area contributed by atoms with Crippen LogP contribution < -0.4 is 20.9 Å². The maximum Gasteiger partial charge on any atom is 0.163 e. The van der Waals surface area contributed by atoms with Crippen molar-refractivity contribution in [3.05, 3.63) is 12.1 Å². The van der Waals surface area contributed by atoms with E-state index in [-0.39, 0.29) is 0 Å². The summed E-state index contributed by atoms with van der Waals surface area (Å²) in [5.41, 5.74) is 12.6. The predicted molar refractivity (Wildman–Crippen MR) is 77.6 cm³/mol. The molecule has 5 heteroatoms. The standard InChI is InChI=1S/C14H23N3O2/c1-18-13-9-11(15)12(16)10-14(13)19-8-4-7-17-5-2-3-6-17/h9-10H,2-8,15-16H2,1H3. The van der Waals surface area contributed by atoms with Crippen molar-refractivity contribution in [1.82, 2.24) is 4.90 Å². The van der Waals surface area contributed by atoms with Gasteiger partial charge in [-0.3, -0.25) is 0 Å². The summed E-state index contributed by atoms with van der Waals surface area (Å²) in [5.74, 6) is 1.29. The lowest BCUT2D eigenvalue weighted by Gasteiger charge is -2.16. The Bertz CT molecular complexity index is 417. The first-order valence-corrected chi connectivity index (χ1v) is 6.79. The van der Waals surface area contributed by atoms with Gasteiger partial charge >= 0.3 is 0 Å². The molecule has 1 aromatic rings. The fraction of sp³-hybridized carbons (Fsp3) is 0.571. The average molecular weight is 265 g/mol. The molecule has 0 saturated carbocycles. The van der Waals surface area contributed by atoms with Crippen LogP contribution in [0.4, 0.5) is 11.4 Å². The molecular weight excluding hydrogens is 242 g/mol. The Morgan fingerprint density at radius 3 is 2.37 bits per heavy atom. The van der Waals surface area contributed by atoms with Crippen LogP contribution in [0, 0.1) is 0 Å². The van der Waals surface area contributed by atoms with Crippen LogP contribution in [0.5, 0.6) is 11.5 Å². The molecule has 0 spiro atoms. The van der Waals surface area contributed by atoms with Crippen LogP contribution in [-0.4, -0.2) is 38.3 Å². The smallest absolute Gasteiger partial charge is 0.163 e. The molecule has 0 aliphatic carbocycles. The number of nitrogens with two attached hydrogens (primary N) is 2. The zero-order chi connectivity index (χ0) is 13.7. The fourth-order valence-corrected chi connectivity index (χ4v) is 2.34. The highest BCUT2D eigenvalue weighted by molar-refractivity contribution is 5.69. The van der Waals surface area contributed by atoms with Crippen molar-refractivity contribution in [2.45, 2.75) is 19.3 Å². The number of nitrogen functional groups attached to an aromatic ring is 2. The molecule has 4 N–H and O–H groups in total. The summed E-state index contributed by atoms with van der Waals surface area (Å²) in [6.07, 6.45) is 3.65. The molecule has 19 heavy (non-hydrogen) atoms. The van der Waals surface area contributed by atoms with Crippen LogP contribution >= 0.6 is 0 Å². The summed E-state index contributed by atoms with van der Waals surface area (Å²) in [7, 11) is 1.60. The van der Waals surface area contributed by atoms with Crippen molar-refractivity contribution in [2.75, 3.05) is 44.8 Å². The van der Waals surface area contributed by atoms with Crippen LogP contribution in [0.15, 0.2) is 12.1 Å². The second-order valence-electron chi connectivity index (χ2n) is 4.88. The van der Waals surface area contributed by atoms with Gasteiger partial charge in [0.1, 0.15) is 0 Å². The topological polar surface area (TPSA) is 73.7 Å². The SMILES string of the molecule is COc1cc(N)c(N)cc1OCCCN1CCCC1. The molecule has 1 fully saturated rings. The van der Waals surface area contributed by atoms with Gasteiger partial charge < -0.3 is 25.8 Å². The highest BCUT2D eigenvalue weighted by Gasteiger charge is 2.11. The Morgan fingerprint density at radius 2 is 1.74 bits per heavy atom. The van der Waals surface area contributed by atoms with Crippen molar-refractivity contribution in [3.63, 3.8) is 0 Å². The third-order valence-corrected chi connectivity index (χ3v) is 3.44. The van der Waals surface area contributed by atoms with E-state index >= 15 is 0 Å². The molecule has 1 saturated heterocycles. The zero-order valence-corrected chi connectivity index (χ0v) is 11.5. The Balaban J connectivity index is 1.82. The van der Waals surface area contributed by atoms with E-state index in [2.05, 4.69) is 4.90 Å². The number of hydrogen-bond donors (Lipinski definition) is 2. The summed E-state index contributed by atoms with van der Waals surface area (Å²) >= 11 is 0. The van der Waals surface area contributed by atoms with Gasteiger partial charge in [-0.15, -0.1) is 0 Å². The predicted octanol–water partition coefficient (Wildman–Crippen LogP) is 1.72. The van der Waals surface area contributed by atoms with Gasteiger partial charge in [0, 0.05) is 18.7 Å². The molecule has 1 aliphatic rings. The van der Waals surface area contributed by atoms with Crippen molar-refractivity contribution in [2.24, 2.45) is 0 Å². The number of methoxy groups -OCH3 is 1. The van der Waals surface area contributed by atoms with Crippen molar-refractivity contribution in [3.8, 4) is 11.5 Å². The lowest BCUT2D eigenvalue weighted by atomic mass is 10.2. The number of benzene rings is 1. The minimum atomic E-state index is 0.515. The van der Waals surface area contributed by atoms with Gasteiger partial charge in [-0.05, 0) is 32.4 Å². The van der Waals surface area contributed by atoms with E-state index in [0.717, 1.165) is 13.0 Å². The zero-order valence-electron chi connectivity index (χ0n) is 11.5. The Labute approximate surface area is 114 Å². The molecule has 1 heterocycles. The number of likely N-dealkylation sites (tertiary alicyclic amines) is 1. The lowest BCUT2D eigenvalue weighted by molar-refractivity contribution is 0.254. The molecule has 0 amide bonds. The lowest BCUT2D eigenvalue weighted by Crippen LogP contribution is -2.22. The number of nitrogens with zero attached hydrogens (tertiary/aromatic N) is 1. The van der Waals surface area contributed by atoms with Crippen LogP contribution in [0.25, 0.3) is 0 Å². The quantitative estimate of drug-likeness (QED) is 0.605. The normalized spacial score (nSPS) is 15.6. The highest BCUT2D eigenvalue weighted by Crippen LogP contribution is 2.33. The van der Waals surface area contributed by atoms with E-state index < -0.39 is 0 Å². The molecule has 0 aromatic heterocycles. The fourth-order valence-electron chi connectivity index (χ4n) is 2.34. The second-order valence-corrected chi connectivity index (χ2v) is 4.88. The minimum absolute atomic E-state index is 0.515. The van der Waals surface area contributed by atoms with Gasteiger partial charge in [-0.2, -0.15) is 0 Å². The van der Waals surface area contributed by atoms with E-state index in [0.29, 0.717) is 29.5 Å². The highest BCUT2D eigenvalue weighted by atomic mass is 16.5. The molecule has 0 radical (unpaired) electrons. The van der Waals surface area contributed by atoms with Gasteiger partial charge in [0.25, 0.3) is 0 Å². The summed E-state index contributed by atoms with van der Waals surface area (Å²) in [5, 5.41) is 0. The van der Waals surface area contributed by atoms with E-state index in [1.54, 1.807) is 19.2 Å². The van der Waals surface area contributed by atoms with Crippen molar-refractivity contribution in [1.29, 1.82) is 0 Å². The van der Waals surface area contributed by atoms with Gasteiger partial charge in [0.2, 0.25) is 0 Å². The third-order valence-electron chi connectivity index (χ3n) is 3.44. The molecule has 1 aliphatic heterocycles. The third kappa shape index (κ3) is 3.67. The molecule has 2 rings (SSSR count). The maximum absolute atomic E-state index is 5.78. The monoisotopic (exact) mass is 265 g/mol. The van der Waals surface area contributed by atoms with E-state index in [9.17, 15) is 0 Å². The van der Waals surface area contributed by atoms with Gasteiger partial charge in [-0.25, -0.2) is 0 Å². The number of anilines is 2. The Morgan fingerprint density at radius 1 is 1.11 bits per heavy atom. The largest absolute Gasteiger partial charge is 0.493 e. The van der Waals surface area contributed by atoms with Crippen molar-refractivity contribution >= 4 is 11.4 Å². The first-order chi connectivity index (χ1) is 9.20. The average Bonchev–Trinajstić information content (AvgIpc) is 2.91. The number of rotatable bonds is 6.